The number of H-pyrrole nitrogens is 1. The number of carboxylic acid groups (broad SMARTS) is 4. The molecule has 2 heterocycles. The summed E-state index contributed by atoms with van der Waals surface area (Å²) in [5, 5.41) is 91.6. The van der Waals surface area contributed by atoms with Gasteiger partial charge in [0.05, 0.1) is 57.6 Å². The van der Waals surface area contributed by atoms with E-state index >= 15 is 9.59 Å². The number of benzene rings is 3. The quantitative estimate of drug-likeness (QED) is 0.0160. The Hall–Kier alpha value is -8.74. The van der Waals surface area contributed by atoms with Crippen molar-refractivity contribution >= 4 is 104 Å². The van der Waals surface area contributed by atoms with Crippen LogP contribution in [0.25, 0.3) is 10.9 Å². The number of amides is 8. The molecule has 0 aliphatic carbocycles. The lowest BCUT2D eigenvalue weighted by atomic mass is 10.0. The summed E-state index contributed by atoms with van der Waals surface area (Å²) in [6.07, 6.45) is -1.31. The van der Waals surface area contributed by atoms with Gasteiger partial charge in [-0.25, -0.2) is 0 Å². The molecule has 5 rings (SSSR count). The van der Waals surface area contributed by atoms with Gasteiger partial charge in [0.2, 0.25) is 47.3 Å². The lowest BCUT2D eigenvalue weighted by molar-refractivity contribution is -0.143. The Bertz CT molecular complexity index is 3280. The van der Waals surface area contributed by atoms with E-state index in [4.69, 9.17) is 5.73 Å². The number of carboxylic acids is 4. The summed E-state index contributed by atoms with van der Waals surface area (Å²) in [5.74, 6) is -13.8. The molecule has 8 amide bonds. The third-order valence-corrected chi connectivity index (χ3v) is 17.8. The van der Waals surface area contributed by atoms with Crippen LogP contribution in [0.4, 0.5) is 0 Å². The lowest BCUT2D eigenvalue weighted by Crippen LogP contribution is -2.62. The van der Waals surface area contributed by atoms with Crippen molar-refractivity contribution in [2.24, 2.45) is 5.73 Å². The zero-order chi connectivity index (χ0) is 71.1. The molecular formula is C63H87N13O19S2. The van der Waals surface area contributed by atoms with E-state index < -0.39 is 177 Å². The van der Waals surface area contributed by atoms with Gasteiger partial charge in [-0.2, -0.15) is 0 Å². The first kappa shape index (κ1) is 79.0. The largest absolute Gasteiger partial charge is 0.480 e. The topological polar surface area (TPSA) is 494 Å². The number of unbranched alkanes of at least 4 members (excludes halogenated alkanes) is 1. The SMILES string of the molecule is C[C@@H](O)[C@@H]1NC(=O)[C@H](CCCCN)NC(=O)C(Cc2c[nH]c3ccccc23)NC(=O)[C@H](Cc2ccccc2)NC(=O)C(NC(=O)[C@@H](Cc2ccccc2)NC(=O)CN(CCN(CCN(CC(=O)O)CC(=O)O)CC(=O)O)CC(=O)O)CSSCC(C(=O)N[C@H](CO)[C@@H](C)O)NC1=O. The van der Waals surface area contributed by atoms with Gasteiger partial charge in [-0.1, -0.05) is 100 Å². The molecule has 34 heteroatoms. The van der Waals surface area contributed by atoms with Crippen LogP contribution >= 0.6 is 21.6 Å². The number of hydrogen-bond acceptors (Lipinski definition) is 21. The molecule has 32 nitrogen and oxygen atoms in total. The van der Waals surface area contributed by atoms with E-state index in [2.05, 4.69) is 47.5 Å². The molecule has 3 unspecified atom stereocenters. The van der Waals surface area contributed by atoms with Crippen molar-refractivity contribution in [3.8, 4) is 0 Å². The number of aliphatic carboxylic acids is 4. The number of aromatic amines is 1. The summed E-state index contributed by atoms with van der Waals surface area (Å²) in [5.41, 5.74) is 8.10. The molecule has 0 radical (unpaired) electrons. The van der Waals surface area contributed by atoms with E-state index in [0.29, 0.717) is 34.0 Å². The van der Waals surface area contributed by atoms with Gasteiger partial charge in [-0.3, -0.25) is 72.2 Å². The Labute approximate surface area is 566 Å². The van der Waals surface area contributed by atoms with Crippen molar-refractivity contribution < 1.29 is 93.3 Å². The lowest BCUT2D eigenvalue weighted by Gasteiger charge is -2.29. The van der Waals surface area contributed by atoms with E-state index in [1.165, 1.54) is 18.7 Å². The Morgan fingerprint density at radius 3 is 1.68 bits per heavy atom. The predicted octanol–water partition coefficient (Wildman–Crippen LogP) is -3.40. The Kier molecular flexibility index (Phi) is 33.2. The normalized spacial score (nSPS) is 19.8. The Morgan fingerprint density at radius 2 is 1.10 bits per heavy atom. The second-order valence-electron chi connectivity index (χ2n) is 23.3. The zero-order valence-electron chi connectivity index (χ0n) is 53.6. The fourth-order valence-electron chi connectivity index (χ4n) is 10.3. The standard InChI is InChI=1S/C63H87N13O19S2/c1-37(78)48(34-77)70-62(94)50-36-97-96-35-49(71-58(90)45(25-39-13-5-3-6-14-39)66-51(80)29-75(31-53(83)84)23-21-74(30-52(81)82)22-24-76(32-54(85)86)33-55(87)88)61(93)68-46(26-40-15-7-4-8-16-40)59(91)69-47(27-41-28-65-43-18-10-9-17-42(41)43)60(92)67-44(19-11-12-20-64)57(89)73-56(38(2)79)63(95)72-50/h3-10,13-18,28,37-38,44-50,56,65,77-79H,11-12,19-27,29-36,64H2,1-2H3,(H,66,80)(H,67,92)(H,68,93)(H,69,91)(H,70,94)(H,71,90)(H,72,95)(H,73,89)(H,81,82)(H,83,84)(H,85,86)(H,87,88)/t37-,38-,44+,45-,46+,47?,48-,49?,50?,56+/m1/s1. The van der Waals surface area contributed by atoms with Crippen LogP contribution in [0.1, 0.15) is 49.8 Å². The van der Waals surface area contributed by atoms with Crippen molar-refractivity contribution in [3.05, 3.63) is 108 Å². The molecule has 0 saturated carbocycles. The number of hydrogen-bond donors (Lipinski definition) is 17. The van der Waals surface area contributed by atoms with Crippen molar-refractivity contribution in [2.75, 3.05) is 83.6 Å². The minimum absolute atomic E-state index is 0.0513. The monoisotopic (exact) mass is 1390 g/mol. The number of aliphatic hydroxyl groups is 3. The van der Waals surface area contributed by atoms with Crippen LogP contribution in [-0.2, 0) is 76.8 Å². The first-order valence-electron chi connectivity index (χ1n) is 31.2. The van der Waals surface area contributed by atoms with Crippen LogP contribution in [0.15, 0.2) is 91.1 Å². The number of aliphatic hydroxyl groups excluding tert-OH is 3. The van der Waals surface area contributed by atoms with E-state index in [1.807, 2.05) is 0 Å². The summed E-state index contributed by atoms with van der Waals surface area (Å²) in [6.45, 7) is -2.46. The second-order valence-corrected chi connectivity index (χ2v) is 25.8. The Balaban J connectivity index is 1.57. The number of aromatic nitrogens is 1. The number of fused-ring (bicyclic) bond motifs is 1. The molecule has 0 bridgehead atoms. The third-order valence-electron chi connectivity index (χ3n) is 15.4. The Morgan fingerprint density at radius 1 is 0.588 bits per heavy atom. The minimum atomic E-state index is -1.78. The van der Waals surface area contributed by atoms with E-state index in [0.717, 1.165) is 31.4 Å². The summed E-state index contributed by atoms with van der Waals surface area (Å²) in [7, 11) is 1.77. The van der Waals surface area contributed by atoms with Gasteiger partial charge >= 0.3 is 23.9 Å². The highest BCUT2D eigenvalue weighted by molar-refractivity contribution is 8.76. The van der Waals surface area contributed by atoms with Crippen molar-refractivity contribution in [2.45, 2.75) is 113 Å². The predicted molar refractivity (Wildman–Crippen MR) is 356 cm³/mol. The fraction of sp³-hybridized carbons (Fsp3) is 0.492. The maximum atomic E-state index is 15.2. The molecule has 1 aliphatic heterocycles. The minimum Gasteiger partial charge on any atom is -0.480 e. The summed E-state index contributed by atoms with van der Waals surface area (Å²) >= 11 is 0. The first-order valence-corrected chi connectivity index (χ1v) is 33.7. The highest BCUT2D eigenvalue weighted by Crippen LogP contribution is 2.25. The second kappa shape index (κ2) is 40.7. The molecule has 10 atom stereocenters. The van der Waals surface area contributed by atoms with Gasteiger partial charge in [0.15, 0.2) is 0 Å². The zero-order valence-corrected chi connectivity index (χ0v) is 55.3. The number of nitrogens with one attached hydrogen (secondary N) is 9. The molecule has 0 spiro atoms. The van der Waals surface area contributed by atoms with Crippen LogP contribution in [-0.4, -0.2) is 271 Å². The molecule has 97 heavy (non-hydrogen) atoms. The molecule has 18 N–H and O–H groups in total. The van der Waals surface area contributed by atoms with E-state index in [9.17, 15) is 83.7 Å². The van der Waals surface area contributed by atoms with Gasteiger partial charge in [0.1, 0.15) is 42.3 Å². The molecule has 4 aromatic rings. The first-order chi connectivity index (χ1) is 46.2. The number of nitrogens with two attached hydrogens (primary N) is 1. The highest BCUT2D eigenvalue weighted by atomic mass is 33.1. The van der Waals surface area contributed by atoms with E-state index in [-0.39, 0.29) is 70.6 Å². The third kappa shape index (κ3) is 27.7. The van der Waals surface area contributed by atoms with Gasteiger partial charge in [0, 0.05) is 74.0 Å². The van der Waals surface area contributed by atoms with Gasteiger partial charge < -0.3 is 89.0 Å². The number of rotatable bonds is 34. The van der Waals surface area contributed by atoms with Crippen LogP contribution in [0.5, 0.6) is 0 Å². The average Bonchev–Trinajstić information content (AvgIpc) is 1.76. The number of nitrogens with zero attached hydrogens (tertiary/aromatic N) is 3. The number of carbonyl (C=O) groups excluding carboxylic acids is 8. The van der Waals surface area contributed by atoms with Gasteiger partial charge in [0.25, 0.3) is 0 Å². The molecule has 530 valence electrons. The van der Waals surface area contributed by atoms with Crippen LogP contribution in [0.2, 0.25) is 0 Å². The molecule has 1 saturated heterocycles. The van der Waals surface area contributed by atoms with Gasteiger partial charge in [-0.05, 0) is 62.4 Å². The van der Waals surface area contributed by atoms with Crippen molar-refractivity contribution in [1.82, 2.24) is 62.2 Å². The number of carbonyl (C=O) groups is 12. The van der Waals surface area contributed by atoms with Crippen molar-refractivity contribution in [3.63, 3.8) is 0 Å². The smallest absolute Gasteiger partial charge is 0.317 e. The molecule has 1 aliphatic rings. The van der Waals surface area contributed by atoms with Crippen LogP contribution in [0, 0.1) is 0 Å². The maximum Gasteiger partial charge on any atom is 0.317 e. The van der Waals surface area contributed by atoms with Crippen molar-refractivity contribution in [1.29, 1.82) is 0 Å². The van der Waals surface area contributed by atoms with E-state index in [1.54, 1.807) is 91.1 Å². The summed E-state index contributed by atoms with van der Waals surface area (Å²) in [4.78, 5) is 171. The molecule has 1 aromatic heterocycles. The average molecular weight is 1390 g/mol. The molecular weight excluding hydrogens is 1310 g/mol. The molecule has 1 fully saturated rings. The summed E-state index contributed by atoms with van der Waals surface area (Å²) < 4.78 is 0. The van der Waals surface area contributed by atoms with Crippen LogP contribution < -0.4 is 48.3 Å². The van der Waals surface area contributed by atoms with Gasteiger partial charge in [-0.15, -0.1) is 0 Å². The van der Waals surface area contributed by atoms with Crippen LogP contribution in [0.3, 0.4) is 0 Å². The molecule has 3 aromatic carbocycles. The summed E-state index contributed by atoms with van der Waals surface area (Å²) in [6, 6.07) is 11.7. The maximum absolute atomic E-state index is 15.2. The number of para-hydroxylation sites is 1. The fourth-order valence-corrected chi connectivity index (χ4v) is 12.6. The highest BCUT2D eigenvalue weighted by Gasteiger charge is 2.37.